The first-order valence-electron chi connectivity index (χ1n) is 6.09. The van der Waals surface area contributed by atoms with Crippen molar-refractivity contribution in [2.24, 2.45) is 11.8 Å². The van der Waals surface area contributed by atoms with Gasteiger partial charge in [-0.3, -0.25) is 0 Å². The Morgan fingerprint density at radius 3 is 2.82 bits per heavy atom. The van der Waals surface area contributed by atoms with Crippen LogP contribution in [0.4, 0.5) is 0 Å². The standard InChI is InChI=1S/C12H14N4S/c1-17-12-13-5-9-6-14-16(11(9)15-12)10-3-7-2-8(7)4-10/h5-8,10H,2-4H2,1H3/t7-,8+,10?. The van der Waals surface area contributed by atoms with E-state index in [4.69, 9.17) is 0 Å². The van der Waals surface area contributed by atoms with E-state index in [-0.39, 0.29) is 0 Å². The van der Waals surface area contributed by atoms with E-state index in [0.29, 0.717) is 6.04 Å². The second-order valence-corrected chi connectivity index (χ2v) is 5.88. The summed E-state index contributed by atoms with van der Waals surface area (Å²) in [6.45, 7) is 0. The minimum atomic E-state index is 0.570. The van der Waals surface area contributed by atoms with Crippen LogP contribution in [0.3, 0.4) is 0 Å². The summed E-state index contributed by atoms with van der Waals surface area (Å²) in [6.07, 6.45) is 9.81. The lowest BCUT2D eigenvalue weighted by atomic mass is 10.2. The average Bonchev–Trinajstić information content (AvgIpc) is 2.81. The van der Waals surface area contributed by atoms with E-state index in [2.05, 4.69) is 19.7 Å². The Kier molecular flexibility index (Phi) is 2.00. The van der Waals surface area contributed by atoms with Crippen LogP contribution in [-0.4, -0.2) is 26.0 Å². The molecule has 0 amide bonds. The van der Waals surface area contributed by atoms with Crippen LogP contribution in [0.2, 0.25) is 0 Å². The quantitative estimate of drug-likeness (QED) is 0.603. The second-order valence-electron chi connectivity index (χ2n) is 5.11. The molecule has 0 saturated heterocycles. The molecule has 1 unspecified atom stereocenters. The molecule has 2 aromatic heterocycles. The molecule has 2 saturated carbocycles. The van der Waals surface area contributed by atoms with Crippen molar-refractivity contribution in [3.8, 4) is 0 Å². The molecule has 2 fully saturated rings. The van der Waals surface area contributed by atoms with Crippen molar-refractivity contribution in [2.45, 2.75) is 30.5 Å². The van der Waals surface area contributed by atoms with E-state index in [0.717, 1.165) is 28.0 Å². The number of thioether (sulfide) groups is 1. The maximum atomic E-state index is 4.59. The van der Waals surface area contributed by atoms with Crippen molar-refractivity contribution < 1.29 is 0 Å². The van der Waals surface area contributed by atoms with Crippen molar-refractivity contribution in [1.82, 2.24) is 19.7 Å². The lowest BCUT2D eigenvalue weighted by molar-refractivity contribution is 0.435. The number of rotatable bonds is 2. The number of hydrogen-bond acceptors (Lipinski definition) is 4. The summed E-state index contributed by atoms with van der Waals surface area (Å²) in [7, 11) is 0. The van der Waals surface area contributed by atoms with Gasteiger partial charge in [-0.2, -0.15) is 5.10 Å². The summed E-state index contributed by atoms with van der Waals surface area (Å²) in [4.78, 5) is 8.88. The van der Waals surface area contributed by atoms with E-state index in [9.17, 15) is 0 Å². The van der Waals surface area contributed by atoms with Crippen molar-refractivity contribution in [1.29, 1.82) is 0 Å². The monoisotopic (exact) mass is 246 g/mol. The lowest BCUT2D eigenvalue weighted by Crippen LogP contribution is -2.09. The fourth-order valence-electron chi connectivity index (χ4n) is 3.07. The zero-order valence-electron chi connectivity index (χ0n) is 9.71. The predicted molar refractivity (Wildman–Crippen MR) is 67.0 cm³/mol. The van der Waals surface area contributed by atoms with Crippen LogP contribution >= 0.6 is 11.8 Å². The Morgan fingerprint density at radius 2 is 2.06 bits per heavy atom. The number of fused-ring (bicyclic) bond motifs is 2. The molecule has 2 aromatic rings. The Labute approximate surface area is 104 Å². The zero-order chi connectivity index (χ0) is 11.4. The molecular weight excluding hydrogens is 232 g/mol. The number of aromatic nitrogens is 4. The summed E-state index contributed by atoms with van der Waals surface area (Å²) < 4.78 is 2.13. The van der Waals surface area contributed by atoms with Crippen LogP contribution in [0.5, 0.6) is 0 Å². The highest BCUT2D eigenvalue weighted by Gasteiger charge is 2.47. The molecule has 4 rings (SSSR count). The molecular formula is C12H14N4S. The first kappa shape index (κ1) is 9.88. The minimum absolute atomic E-state index is 0.570. The van der Waals surface area contributed by atoms with Gasteiger partial charge >= 0.3 is 0 Å². The first-order chi connectivity index (χ1) is 8.35. The highest BCUT2D eigenvalue weighted by molar-refractivity contribution is 7.98. The van der Waals surface area contributed by atoms with Crippen LogP contribution in [0.15, 0.2) is 17.6 Å². The van der Waals surface area contributed by atoms with E-state index < -0.39 is 0 Å². The Hall–Kier alpha value is -1.10. The van der Waals surface area contributed by atoms with Crippen molar-refractivity contribution in [3.05, 3.63) is 12.4 Å². The Balaban J connectivity index is 1.78. The van der Waals surface area contributed by atoms with Crippen LogP contribution in [-0.2, 0) is 0 Å². The molecule has 88 valence electrons. The van der Waals surface area contributed by atoms with Gasteiger partial charge in [-0.05, 0) is 37.4 Å². The third-order valence-corrected chi connectivity index (χ3v) is 4.62. The van der Waals surface area contributed by atoms with E-state index in [1.165, 1.54) is 19.3 Å². The summed E-state index contributed by atoms with van der Waals surface area (Å²) in [6, 6.07) is 0.570. The normalized spacial score (nSPS) is 30.8. The molecule has 2 aliphatic rings. The van der Waals surface area contributed by atoms with Gasteiger partial charge in [0.05, 0.1) is 17.6 Å². The molecule has 2 heterocycles. The van der Waals surface area contributed by atoms with Gasteiger partial charge < -0.3 is 0 Å². The molecule has 0 spiro atoms. The maximum Gasteiger partial charge on any atom is 0.189 e. The van der Waals surface area contributed by atoms with Crippen molar-refractivity contribution in [3.63, 3.8) is 0 Å². The summed E-state index contributed by atoms with van der Waals surface area (Å²) in [5.74, 6) is 1.95. The largest absolute Gasteiger partial charge is 0.244 e. The minimum Gasteiger partial charge on any atom is -0.244 e. The van der Waals surface area contributed by atoms with Crippen LogP contribution < -0.4 is 0 Å². The van der Waals surface area contributed by atoms with E-state index >= 15 is 0 Å². The third kappa shape index (κ3) is 1.48. The second kappa shape index (κ2) is 3.45. The van der Waals surface area contributed by atoms with Crippen molar-refractivity contribution in [2.75, 3.05) is 6.26 Å². The van der Waals surface area contributed by atoms with E-state index in [1.54, 1.807) is 11.8 Å². The molecule has 4 nitrogen and oxygen atoms in total. The van der Waals surface area contributed by atoms with Gasteiger partial charge in [0.1, 0.15) is 0 Å². The first-order valence-corrected chi connectivity index (χ1v) is 7.32. The van der Waals surface area contributed by atoms with Gasteiger partial charge in [0.2, 0.25) is 0 Å². The smallest absolute Gasteiger partial charge is 0.189 e. The fraction of sp³-hybridized carbons (Fsp3) is 0.583. The molecule has 0 bridgehead atoms. The van der Waals surface area contributed by atoms with Gasteiger partial charge in [0.25, 0.3) is 0 Å². The number of nitrogens with zero attached hydrogens (tertiary/aromatic N) is 4. The zero-order valence-corrected chi connectivity index (χ0v) is 10.5. The summed E-state index contributed by atoms with van der Waals surface area (Å²) in [5.41, 5.74) is 1.01. The molecule has 0 radical (unpaired) electrons. The van der Waals surface area contributed by atoms with Gasteiger partial charge in [-0.25, -0.2) is 14.6 Å². The highest BCUT2D eigenvalue weighted by Crippen LogP contribution is 2.56. The van der Waals surface area contributed by atoms with E-state index in [1.807, 2.05) is 18.6 Å². The van der Waals surface area contributed by atoms with Crippen LogP contribution in [0, 0.1) is 11.8 Å². The van der Waals surface area contributed by atoms with Crippen LogP contribution in [0.1, 0.15) is 25.3 Å². The average molecular weight is 246 g/mol. The topological polar surface area (TPSA) is 43.6 Å². The number of hydrogen-bond donors (Lipinski definition) is 0. The predicted octanol–water partition coefficient (Wildman–Crippen LogP) is 2.52. The lowest BCUT2D eigenvalue weighted by Gasteiger charge is -2.13. The van der Waals surface area contributed by atoms with Gasteiger partial charge in [-0.15, -0.1) is 0 Å². The molecule has 2 aliphatic carbocycles. The Morgan fingerprint density at radius 1 is 1.24 bits per heavy atom. The SMILES string of the molecule is CSc1ncc2cnn(C3C[C@@H]4C[C@@H]4C3)c2n1. The fourth-order valence-corrected chi connectivity index (χ4v) is 3.40. The summed E-state index contributed by atoms with van der Waals surface area (Å²) >= 11 is 1.58. The highest BCUT2D eigenvalue weighted by atomic mass is 32.2. The summed E-state index contributed by atoms with van der Waals surface area (Å²) in [5, 5.41) is 6.41. The van der Waals surface area contributed by atoms with Gasteiger partial charge in [-0.1, -0.05) is 11.8 Å². The van der Waals surface area contributed by atoms with Crippen LogP contribution in [0.25, 0.3) is 11.0 Å². The molecule has 0 N–H and O–H groups in total. The van der Waals surface area contributed by atoms with Crippen molar-refractivity contribution >= 4 is 22.8 Å². The van der Waals surface area contributed by atoms with Gasteiger partial charge in [0.15, 0.2) is 10.8 Å². The third-order valence-electron chi connectivity index (χ3n) is 4.06. The molecule has 0 aromatic carbocycles. The molecule has 5 heteroatoms. The van der Waals surface area contributed by atoms with Gasteiger partial charge in [0, 0.05) is 6.20 Å². The molecule has 3 atom stereocenters. The maximum absolute atomic E-state index is 4.59. The Bertz CT molecular complexity index is 569. The molecule has 17 heavy (non-hydrogen) atoms. The molecule has 0 aliphatic heterocycles.